The highest BCUT2D eigenvalue weighted by atomic mass is 35.5. The molecule has 1 aliphatic heterocycles. The van der Waals surface area contributed by atoms with E-state index in [-0.39, 0.29) is 17.6 Å². The highest BCUT2D eigenvalue weighted by Gasteiger charge is 2.26. The Hall–Kier alpha value is -2.09. The van der Waals surface area contributed by atoms with Crippen molar-refractivity contribution in [2.24, 2.45) is 5.73 Å². The van der Waals surface area contributed by atoms with E-state index >= 15 is 0 Å². The van der Waals surface area contributed by atoms with E-state index < -0.39 is 4.92 Å². The Bertz CT molecular complexity index is 829. The van der Waals surface area contributed by atoms with Gasteiger partial charge in [0.1, 0.15) is 0 Å². The Balaban J connectivity index is 1.94. The summed E-state index contributed by atoms with van der Waals surface area (Å²) in [7, 11) is 0. The van der Waals surface area contributed by atoms with Crippen molar-refractivity contribution in [2.75, 3.05) is 13.1 Å². The molecule has 26 heavy (non-hydrogen) atoms. The van der Waals surface area contributed by atoms with Gasteiger partial charge in [0, 0.05) is 46.1 Å². The van der Waals surface area contributed by atoms with Gasteiger partial charge < -0.3 is 10.6 Å². The molecule has 0 bridgehead atoms. The van der Waals surface area contributed by atoms with Crippen LogP contribution in [-0.4, -0.2) is 34.9 Å². The number of nitrogens with zero attached hydrogens (tertiary/aromatic N) is 2. The molecule has 2 aromatic rings. The number of hydrogen-bond acceptors (Lipinski definition) is 5. The second-order valence-corrected chi connectivity index (χ2v) is 7.70. The molecule has 2 aromatic carbocycles. The van der Waals surface area contributed by atoms with Gasteiger partial charge in [-0.25, -0.2) is 0 Å². The van der Waals surface area contributed by atoms with Gasteiger partial charge in [-0.2, -0.15) is 0 Å². The van der Waals surface area contributed by atoms with Gasteiger partial charge in [-0.05, 0) is 43.2 Å². The van der Waals surface area contributed by atoms with Crippen LogP contribution in [0.3, 0.4) is 0 Å². The zero-order valence-electron chi connectivity index (χ0n) is 13.9. The molecule has 6 nitrogen and oxygen atoms in total. The quantitative estimate of drug-likeness (QED) is 0.629. The maximum Gasteiger partial charge on any atom is 0.270 e. The second-order valence-electron chi connectivity index (χ2n) is 6.15. The van der Waals surface area contributed by atoms with E-state index in [1.807, 2.05) is 12.1 Å². The fourth-order valence-electron chi connectivity index (χ4n) is 2.88. The standard InChI is InChI=1S/C18H18ClN3O3S/c19-12-3-6-15(7-4-12)26-17-8-5-14(22(24)25)10-16(17)18(23)21-9-1-2-13(20)11-21/h3-8,10,13H,1-2,9,11,20H2. The van der Waals surface area contributed by atoms with Crippen LogP contribution >= 0.6 is 23.4 Å². The van der Waals surface area contributed by atoms with Crippen LogP contribution in [0.2, 0.25) is 5.02 Å². The van der Waals surface area contributed by atoms with Gasteiger partial charge in [-0.15, -0.1) is 0 Å². The number of nitrogens with two attached hydrogens (primary N) is 1. The fraction of sp³-hybridized carbons (Fsp3) is 0.278. The minimum absolute atomic E-state index is 0.0567. The summed E-state index contributed by atoms with van der Waals surface area (Å²) < 4.78 is 0. The number of nitro benzene ring substituents is 1. The van der Waals surface area contributed by atoms with E-state index in [2.05, 4.69) is 0 Å². The molecule has 1 saturated heterocycles. The SMILES string of the molecule is NC1CCCN(C(=O)c2cc([N+](=O)[O-])ccc2Sc2ccc(Cl)cc2)C1. The molecule has 8 heteroatoms. The van der Waals surface area contributed by atoms with Crippen LogP contribution < -0.4 is 5.73 Å². The van der Waals surface area contributed by atoms with Crippen molar-refractivity contribution in [2.45, 2.75) is 28.7 Å². The first kappa shape index (κ1) is 18.7. The molecule has 1 atom stereocenters. The monoisotopic (exact) mass is 391 g/mol. The van der Waals surface area contributed by atoms with E-state index in [9.17, 15) is 14.9 Å². The van der Waals surface area contributed by atoms with Crippen LogP contribution in [0.1, 0.15) is 23.2 Å². The van der Waals surface area contributed by atoms with Crippen molar-refractivity contribution in [1.82, 2.24) is 4.90 Å². The first-order valence-electron chi connectivity index (χ1n) is 8.21. The summed E-state index contributed by atoms with van der Waals surface area (Å²) in [6.07, 6.45) is 1.71. The lowest BCUT2D eigenvalue weighted by Gasteiger charge is -2.31. The first-order chi connectivity index (χ1) is 12.4. The van der Waals surface area contributed by atoms with E-state index in [0.717, 1.165) is 17.7 Å². The Labute approximate surface area is 160 Å². The minimum atomic E-state index is -0.491. The molecule has 3 rings (SSSR count). The van der Waals surface area contributed by atoms with E-state index in [1.54, 1.807) is 23.1 Å². The molecule has 0 spiro atoms. The number of carbonyl (C=O) groups is 1. The van der Waals surface area contributed by atoms with Gasteiger partial charge in [-0.3, -0.25) is 14.9 Å². The van der Waals surface area contributed by atoms with Gasteiger partial charge in [-0.1, -0.05) is 23.4 Å². The number of hydrogen-bond donors (Lipinski definition) is 1. The maximum atomic E-state index is 13.0. The summed E-state index contributed by atoms with van der Waals surface area (Å²) in [5.74, 6) is -0.222. The Morgan fingerprint density at radius 3 is 2.65 bits per heavy atom. The molecule has 1 amide bonds. The van der Waals surface area contributed by atoms with Crippen LogP contribution in [0, 0.1) is 10.1 Å². The second kappa shape index (κ2) is 8.07. The molecule has 1 heterocycles. The average molecular weight is 392 g/mol. The smallest absolute Gasteiger partial charge is 0.270 e. The molecule has 0 radical (unpaired) electrons. The van der Waals surface area contributed by atoms with Crippen molar-refractivity contribution in [1.29, 1.82) is 0 Å². The maximum absolute atomic E-state index is 13.0. The van der Waals surface area contributed by atoms with Crippen molar-refractivity contribution < 1.29 is 9.72 Å². The van der Waals surface area contributed by atoms with Crippen molar-refractivity contribution in [3.63, 3.8) is 0 Å². The average Bonchev–Trinajstić information content (AvgIpc) is 2.63. The molecule has 0 saturated carbocycles. The highest BCUT2D eigenvalue weighted by Crippen LogP contribution is 2.34. The summed E-state index contributed by atoms with van der Waals surface area (Å²) in [5, 5.41) is 11.8. The summed E-state index contributed by atoms with van der Waals surface area (Å²) in [4.78, 5) is 26.9. The predicted molar refractivity (Wildman–Crippen MR) is 102 cm³/mol. The van der Waals surface area contributed by atoms with E-state index in [4.69, 9.17) is 17.3 Å². The molecule has 1 fully saturated rings. The largest absolute Gasteiger partial charge is 0.337 e. The van der Waals surface area contributed by atoms with Crippen molar-refractivity contribution in [3.8, 4) is 0 Å². The summed E-state index contributed by atoms with van der Waals surface area (Å²) >= 11 is 7.29. The number of halogens is 1. The number of non-ortho nitro benzene ring substituents is 1. The number of rotatable bonds is 4. The van der Waals surface area contributed by atoms with Gasteiger partial charge in [0.15, 0.2) is 0 Å². The van der Waals surface area contributed by atoms with Crippen LogP contribution in [0.5, 0.6) is 0 Å². The van der Waals surface area contributed by atoms with Crippen LogP contribution in [0.4, 0.5) is 5.69 Å². The number of amides is 1. The Morgan fingerprint density at radius 2 is 2.00 bits per heavy atom. The minimum Gasteiger partial charge on any atom is -0.337 e. The number of benzene rings is 2. The molecule has 1 aliphatic rings. The summed E-state index contributed by atoms with van der Waals surface area (Å²) in [6.45, 7) is 1.08. The van der Waals surface area contributed by atoms with E-state index in [1.165, 1.54) is 23.9 Å². The van der Waals surface area contributed by atoms with Crippen LogP contribution in [0.15, 0.2) is 52.3 Å². The third kappa shape index (κ3) is 4.35. The number of likely N-dealkylation sites (tertiary alicyclic amines) is 1. The lowest BCUT2D eigenvalue weighted by molar-refractivity contribution is -0.384. The molecular weight excluding hydrogens is 374 g/mol. The molecule has 2 N–H and O–H groups in total. The fourth-order valence-corrected chi connectivity index (χ4v) is 3.93. The van der Waals surface area contributed by atoms with Gasteiger partial charge in [0.05, 0.1) is 10.5 Å². The molecular formula is C18H18ClN3O3S. The third-order valence-electron chi connectivity index (χ3n) is 4.19. The lowest BCUT2D eigenvalue weighted by Crippen LogP contribution is -2.45. The number of carbonyl (C=O) groups excluding carboxylic acids is 1. The molecule has 0 aromatic heterocycles. The summed E-state index contributed by atoms with van der Waals surface area (Å²) in [5.41, 5.74) is 6.20. The van der Waals surface area contributed by atoms with Crippen molar-refractivity contribution >= 4 is 35.0 Å². The molecule has 0 aliphatic carbocycles. The Kier molecular flexibility index (Phi) is 5.80. The van der Waals surface area contributed by atoms with Gasteiger partial charge in [0.25, 0.3) is 11.6 Å². The van der Waals surface area contributed by atoms with Crippen LogP contribution in [0.25, 0.3) is 0 Å². The summed E-state index contributed by atoms with van der Waals surface area (Å²) in [6, 6.07) is 11.5. The number of piperidine rings is 1. The van der Waals surface area contributed by atoms with Crippen molar-refractivity contribution in [3.05, 3.63) is 63.2 Å². The predicted octanol–water partition coefficient (Wildman–Crippen LogP) is 3.96. The van der Waals surface area contributed by atoms with E-state index in [0.29, 0.717) is 28.6 Å². The Morgan fingerprint density at radius 1 is 1.27 bits per heavy atom. The molecule has 136 valence electrons. The topological polar surface area (TPSA) is 89.5 Å². The zero-order chi connectivity index (χ0) is 18.7. The normalized spacial score (nSPS) is 17.2. The number of nitro groups is 1. The lowest BCUT2D eigenvalue weighted by atomic mass is 10.1. The van der Waals surface area contributed by atoms with Gasteiger partial charge >= 0.3 is 0 Å². The molecule has 1 unspecified atom stereocenters. The third-order valence-corrected chi connectivity index (χ3v) is 5.53. The van der Waals surface area contributed by atoms with Gasteiger partial charge in [0.2, 0.25) is 0 Å². The highest BCUT2D eigenvalue weighted by molar-refractivity contribution is 7.99. The van der Waals surface area contributed by atoms with Crippen LogP contribution in [-0.2, 0) is 0 Å². The zero-order valence-corrected chi connectivity index (χ0v) is 15.5. The first-order valence-corrected chi connectivity index (χ1v) is 9.40.